The van der Waals surface area contributed by atoms with Gasteiger partial charge in [0.2, 0.25) is 0 Å². The number of halogens is 3. The van der Waals surface area contributed by atoms with Gasteiger partial charge in [-0.25, -0.2) is 4.79 Å². The Balaban J connectivity index is 2.43. The van der Waals surface area contributed by atoms with Crippen LogP contribution in [0.2, 0.25) is 0 Å². The second-order valence-corrected chi connectivity index (χ2v) is 6.32. The molecule has 1 aromatic heterocycles. The molecular formula is C17H21F3N2O2. The molecule has 7 heteroatoms. The molecule has 1 heterocycles. The van der Waals surface area contributed by atoms with Crippen LogP contribution in [0, 0.1) is 11.8 Å². The summed E-state index contributed by atoms with van der Waals surface area (Å²) in [6.07, 6.45) is -2.76. The molecule has 0 fully saturated rings. The van der Waals surface area contributed by atoms with Crippen molar-refractivity contribution in [1.82, 2.24) is 10.3 Å². The van der Waals surface area contributed by atoms with Gasteiger partial charge >= 0.3 is 12.3 Å². The molecule has 0 saturated carbocycles. The lowest BCUT2D eigenvalue weighted by atomic mass is 10.1. The lowest BCUT2D eigenvalue weighted by Gasteiger charge is -2.21. The van der Waals surface area contributed by atoms with Gasteiger partial charge in [0.1, 0.15) is 11.3 Å². The fraction of sp³-hybridized carbons (Fsp3) is 0.529. The first-order chi connectivity index (χ1) is 11.0. The molecule has 1 amide bonds. The lowest BCUT2D eigenvalue weighted by Crippen LogP contribution is -2.37. The van der Waals surface area contributed by atoms with Crippen molar-refractivity contribution in [3.05, 3.63) is 29.6 Å². The molecule has 1 N–H and O–H groups in total. The second-order valence-electron chi connectivity index (χ2n) is 6.32. The Morgan fingerprint density at radius 3 is 2.50 bits per heavy atom. The number of hydrogen-bond donors (Lipinski definition) is 1. The van der Waals surface area contributed by atoms with E-state index >= 15 is 0 Å². The van der Waals surface area contributed by atoms with Gasteiger partial charge in [-0.3, -0.25) is 4.98 Å². The van der Waals surface area contributed by atoms with E-state index in [0.717, 1.165) is 12.3 Å². The summed E-state index contributed by atoms with van der Waals surface area (Å²) < 4.78 is 42.3. The first kappa shape index (κ1) is 19.8. The average molecular weight is 342 g/mol. The van der Waals surface area contributed by atoms with Gasteiger partial charge in [0.05, 0.1) is 0 Å². The highest BCUT2D eigenvalue weighted by molar-refractivity contribution is 5.68. The minimum atomic E-state index is -4.45. The first-order valence-electron chi connectivity index (χ1n) is 7.49. The van der Waals surface area contributed by atoms with Crippen molar-refractivity contribution < 1.29 is 22.7 Å². The zero-order valence-electron chi connectivity index (χ0n) is 14.1. The third kappa shape index (κ3) is 7.86. The van der Waals surface area contributed by atoms with Gasteiger partial charge in [0.15, 0.2) is 0 Å². The highest BCUT2D eigenvalue weighted by Gasteiger charge is 2.31. The van der Waals surface area contributed by atoms with Crippen LogP contribution in [0.3, 0.4) is 0 Å². The Labute approximate surface area is 139 Å². The largest absolute Gasteiger partial charge is 0.444 e. The molecular weight excluding hydrogens is 321 g/mol. The molecule has 0 unspecified atom stereocenters. The standard InChI is InChI=1S/C17H21F3N2O2/c1-12(22-15(23)24-16(2,3)4)7-5-6-8-13-9-10-14(21-11-13)17(18,19)20/h9-12H,5,7H2,1-4H3,(H,22,23)/t12-/m1/s1. The van der Waals surface area contributed by atoms with E-state index in [1.807, 2.05) is 6.92 Å². The van der Waals surface area contributed by atoms with Gasteiger partial charge in [0.25, 0.3) is 0 Å². The van der Waals surface area contributed by atoms with Gasteiger partial charge < -0.3 is 10.1 Å². The number of hydrogen-bond acceptors (Lipinski definition) is 3. The van der Waals surface area contributed by atoms with E-state index in [-0.39, 0.29) is 6.04 Å². The molecule has 24 heavy (non-hydrogen) atoms. The van der Waals surface area contributed by atoms with Gasteiger partial charge in [-0.15, -0.1) is 0 Å². The number of ether oxygens (including phenoxy) is 1. The molecule has 0 aliphatic rings. The van der Waals surface area contributed by atoms with Crippen LogP contribution in [-0.2, 0) is 10.9 Å². The molecule has 0 saturated heterocycles. The van der Waals surface area contributed by atoms with Crippen molar-refractivity contribution in [2.24, 2.45) is 0 Å². The van der Waals surface area contributed by atoms with Gasteiger partial charge in [-0.05, 0) is 46.2 Å². The fourth-order valence-electron chi connectivity index (χ4n) is 1.67. The molecule has 0 aliphatic carbocycles. The number of nitrogens with one attached hydrogen (secondary N) is 1. The number of alkyl halides is 3. The smallest absolute Gasteiger partial charge is 0.433 e. The maximum absolute atomic E-state index is 12.4. The van der Waals surface area contributed by atoms with E-state index in [0.29, 0.717) is 18.4 Å². The van der Waals surface area contributed by atoms with Crippen molar-refractivity contribution in [2.75, 3.05) is 0 Å². The van der Waals surface area contributed by atoms with Crippen LogP contribution >= 0.6 is 0 Å². The van der Waals surface area contributed by atoms with Crippen molar-refractivity contribution >= 4 is 6.09 Å². The van der Waals surface area contributed by atoms with Gasteiger partial charge in [-0.1, -0.05) is 11.8 Å². The van der Waals surface area contributed by atoms with Crippen LogP contribution in [-0.4, -0.2) is 22.7 Å². The number of rotatable bonds is 3. The zero-order chi connectivity index (χ0) is 18.4. The normalized spacial score (nSPS) is 12.8. The summed E-state index contributed by atoms with van der Waals surface area (Å²) >= 11 is 0. The maximum atomic E-state index is 12.4. The molecule has 0 spiro atoms. The SMILES string of the molecule is C[C@H](CCC#Cc1ccc(C(F)(F)F)nc1)NC(=O)OC(C)(C)C. The third-order valence-electron chi connectivity index (χ3n) is 2.75. The Morgan fingerprint density at radius 1 is 1.33 bits per heavy atom. The summed E-state index contributed by atoms with van der Waals surface area (Å²) in [5.41, 5.74) is -1.09. The average Bonchev–Trinajstić information content (AvgIpc) is 2.41. The highest BCUT2D eigenvalue weighted by Crippen LogP contribution is 2.26. The Hall–Kier alpha value is -2.23. The Bertz CT molecular complexity index is 608. The first-order valence-corrected chi connectivity index (χ1v) is 7.49. The molecule has 0 bridgehead atoms. The second kappa shape index (κ2) is 8.04. The maximum Gasteiger partial charge on any atom is 0.433 e. The van der Waals surface area contributed by atoms with E-state index in [4.69, 9.17) is 4.74 Å². The fourth-order valence-corrected chi connectivity index (χ4v) is 1.67. The molecule has 1 rings (SSSR count). The minimum Gasteiger partial charge on any atom is -0.444 e. The van der Waals surface area contributed by atoms with Crippen molar-refractivity contribution in [3.8, 4) is 11.8 Å². The molecule has 0 aliphatic heterocycles. The van der Waals surface area contributed by atoms with Crippen LogP contribution in [0.1, 0.15) is 51.8 Å². The third-order valence-corrected chi connectivity index (χ3v) is 2.75. The summed E-state index contributed by atoms with van der Waals surface area (Å²) in [5.74, 6) is 5.60. The number of aromatic nitrogens is 1. The van der Waals surface area contributed by atoms with Gasteiger partial charge in [-0.2, -0.15) is 13.2 Å². The molecule has 1 aromatic rings. The summed E-state index contributed by atoms with van der Waals surface area (Å²) in [4.78, 5) is 14.9. The van der Waals surface area contributed by atoms with Crippen LogP contribution in [0.25, 0.3) is 0 Å². The number of amides is 1. The molecule has 132 valence electrons. The van der Waals surface area contributed by atoms with E-state index in [9.17, 15) is 18.0 Å². The van der Waals surface area contributed by atoms with Crippen LogP contribution < -0.4 is 5.32 Å². The summed E-state index contributed by atoms with van der Waals surface area (Å²) in [7, 11) is 0. The molecule has 0 aromatic carbocycles. The van der Waals surface area contributed by atoms with Crippen molar-refractivity contribution in [3.63, 3.8) is 0 Å². The quantitative estimate of drug-likeness (QED) is 0.840. The minimum absolute atomic E-state index is 0.125. The zero-order valence-corrected chi connectivity index (χ0v) is 14.1. The number of carbonyl (C=O) groups is 1. The Morgan fingerprint density at radius 2 is 2.00 bits per heavy atom. The van der Waals surface area contributed by atoms with Gasteiger partial charge in [0, 0.05) is 24.2 Å². The summed E-state index contributed by atoms with van der Waals surface area (Å²) in [5, 5.41) is 2.69. The van der Waals surface area contributed by atoms with E-state index < -0.39 is 23.6 Å². The highest BCUT2D eigenvalue weighted by atomic mass is 19.4. The lowest BCUT2D eigenvalue weighted by molar-refractivity contribution is -0.141. The molecule has 0 radical (unpaired) electrons. The summed E-state index contributed by atoms with van der Waals surface area (Å²) in [6.45, 7) is 7.16. The van der Waals surface area contributed by atoms with Crippen LogP contribution in [0.15, 0.2) is 18.3 Å². The number of alkyl carbamates (subject to hydrolysis) is 1. The predicted octanol–water partition coefficient (Wildman–Crippen LogP) is 4.15. The number of nitrogens with zero attached hydrogens (tertiary/aromatic N) is 1. The Kier molecular flexibility index (Phi) is 6.64. The monoisotopic (exact) mass is 342 g/mol. The van der Waals surface area contributed by atoms with Crippen molar-refractivity contribution in [2.45, 2.75) is 58.4 Å². The predicted molar refractivity (Wildman–Crippen MR) is 84.2 cm³/mol. The number of pyridine rings is 1. The molecule has 4 nitrogen and oxygen atoms in total. The van der Waals surface area contributed by atoms with Crippen LogP contribution in [0.5, 0.6) is 0 Å². The van der Waals surface area contributed by atoms with E-state index in [2.05, 4.69) is 22.1 Å². The van der Waals surface area contributed by atoms with E-state index in [1.54, 1.807) is 20.8 Å². The topological polar surface area (TPSA) is 51.2 Å². The van der Waals surface area contributed by atoms with E-state index in [1.165, 1.54) is 6.07 Å². The van der Waals surface area contributed by atoms with Crippen molar-refractivity contribution in [1.29, 1.82) is 0 Å². The number of carbonyl (C=O) groups excluding carboxylic acids is 1. The van der Waals surface area contributed by atoms with Crippen LogP contribution in [0.4, 0.5) is 18.0 Å². The molecule has 1 atom stereocenters. The summed E-state index contributed by atoms with van der Waals surface area (Å²) in [6, 6.07) is 2.06.